The molecule has 0 radical (unpaired) electrons. The third-order valence-electron chi connectivity index (χ3n) is 2.83. The maximum Gasteiger partial charge on any atom is 0.149 e. The first-order chi connectivity index (χ1) is 8.58. The molecule has 18 heavy (non-hydrogen) atoms. The minimum Gasteiger partial charge on any atom is -0.298 e. The number of ketones is 1. The van der Waals surface area contributed by atoms with Crippen molar-refractivity contribution in [3.63, 3.8) is 0 Å². The molecule has 0 aliphatic rings. The number of hydrogen-bond donors (Lipinski definition) is 0. The van der Waals surface area contributed by atoms with Gasteiger partial charge in [-0.2, -0.15) is 0 Å². The molecule has 0 N–H and O–H groups in total. The summed E-state index contributed by atoms with van der Waals surface area (Å²) < 4.78 is 0. The van der Waals surface area contributed by atoms with Crippen LogP contribution >= 0.6 is 15.9 Å². The van der Waals surface area contributed by atoms with E-state index in [2.05, 4.69) is 25.9 Å². The molecule has 0 saturated heterocycles. The molecule has 94 valence electrons. The summed E-state index contributed by atoms with van der Waals surface area (Å²) in [5.74, 6) is 0.281. The Labute approximate surface area is 115 Å². The smallest absolute Gasteiger partial charge is 0.149 e. The van der Waals surface area contributed by atoms with Gasteiger partial charge in [-0.15, -0.1) is 0 Å². The first kappa shape index (κ1) is 13.1. The summed E-state index contributed by atoms with van der Waals surface area (Å²) in [6, 6.07) is 5.93. The molecule has 0 fully saturated rings. The molecule has 0 saturated carbocycles. The lowest BCUT2D eigenvalue weighted by Gasteiger charge is -2.11. The van der Waals surface area contributed by atoms with Crippen LogP contribution in [0.15, 0.2) is 30.6 Å². The van der Waals surface area contributed by atoms with Crippen LogP contribution in [0, 0.1) is 5.92 Å². The van der Waals surface area contributed by atoms with Gasteiger partial charge in [-0.3, -0.25) is 14.8 Å². The minimum absolute atomic E-state index is 0.0506. The third kappa shape index (κ3) is 2.93. The van der Waals surface area contributed by atoms with Gasteiger partial charge in [0.1, 0.15) is 5.78 Å². The summed E-state index contributed by atoms with van der Waals surface area (Å²) in [5.41, 5.74) is 2.84. The summed E-state index contributed by atoms with van der Waals surface area (Å²) in [6.45, 7) is 3.84. The SMILES string of the molecule is CC(C)C(=O)C(Br)Cc1ccc2nccnc2c1. The summed E-state index contributed by atoms with van der Waals surface area (Å²) in [7, 11) is 0. The predicted octanol–water partition coefficient (Wildman–Crippen LogP) is 3.16. The highest BCUT2D eigenvalue weighted by molar-refractivity contribution is 9.10. The second-order valence-electron chi connectivity index (χ2n) is 4.61. The number of alkyl halides is 1. The largest absolute Gasteiger partial charge is 0.298 e. The van der Waals surface area contributed by atoms with Crippen LogP contribution in [0.2, 0.25) is 0 Å². The van der Waals surface area contributed by atoms with E-state index in [9.17, 15) is 4.79 Å². The fraction of sp³-hybridized carbons (Fsp3) is 0.357. The Morgan fingerprint density at radius 3 is 2.56 bits per heavy atom. The van der Waals surface area contributed by atoms with Crippen LogP contribution in [0.5, 0.6) is 0 Å². The van der Waals surface area contributed by atoms with Crippen LogP contribution in [0.25, 0.3) is 11.0 Å². The van der Waals surface area contributed by atoms with E-state index in [1.807, 2.05) is 32.0 Å². The number of aromatic nitrogens is 2. The van der Waals surface area contributed by atoms with Crippen LogP contribution in [0.4, 0.5) is 0 Å². The van der Waals surface area contributed by atoms with Crippen LogP contribution in [0.1, 0.15) is 19.4 Å². The molecule has 1 unspecified atom stereocenters. The van der Waals surface area contributed by atoms with E-state index in [4.69, 9.17) is 0 Å². The molecule has 0 aliphatic heterocycles. The summed E-state index contributed by atoms with van der Waals surface area (Å²) in [6.07, 6.45) is 4.04. The number of carbonyl (C=O) groups excluding carboxylic acids is 1. The molecule has 1 heterocycles. The van der Waals surface area contributed by atoms with Crippen molar-refractivity contribution in [3.8, 4) is 0 Å². The molecule has 1 aromatic carbocycles. The van der Waals surface area contributed by atoms with Crippen molar-refractivity contribution >= 4 is 32.7 Å². The standard InChI is InChI=1S/C14H15BrN2O/c1-9(2)14(18)11(15)7-10-3-4-12-13(8-10)17-6-5-16-12/h3-6,8-9,11H,7H2,1-2H3. The summed E-state index contributed by atoms with van der Waals surface area (Å²) >= 11 is 3.46. The number of fused-ring (bicyclic) bond motifs is 1. The molecule has 0 aliphatic carbocycles. The zero-order valence-electron chi connectivity index (χ0n) is 10.4. The van der Waals surface area contributed by atoms with Crippen molar-refractivity contribution in [2.24, 2.45) is 5.92 Å². The van der Waals surface area contributed by atoms with Crippen LogP contribution in [0.3, 0.4) is 0 Å². The second-order valence-corrected chi connectivity index (χ2v) is 5.71. The lowest BCUT2D eigenvalue weighted by molar-refractivity contribution is -0.121. The zero-order valence-corrected chi connectivity index (χ0v) is 12.0. The van der Waals surface area contributed by atoms with Crippen molar-refractivity contribution in [2.45, 2.75) is 25.1 Å². The molecule has 2 rings (SSSR count). The van der Waals surface area contributed by atoms with E-state index in [1.165, 1.54) is 0 Å². The van der Waals surface area contributed by atoms with E-state index >= 15 is 0 Å². The van der Waals surface area contributed by atoms with Crippen molar-refractivity contribution in [1.82, 2.24) is 9.97 Å². The number of benzene rings is 1. The number of halogens is 1. The molecule has 1 atom stereocenters. The molecule has 1 aromatic heterocycles. The molecule has 3 nitrogen and oxygen atoms in total. The quantitative estimate of drug-likeness (QED) is 0.815. The van der Waals surface area contributed by atoms with E-state index in [-0.39, 0.29) is 16.5 Å². The fourth-order valence-corrected chi connectivity index (χ4v) is 2.71. The monoisotopic (exact) mass is 306 g/mol. The van der Waals surface area contributed by atoms with Crippen molar-refractivity contribution in [3.05, 3.63) is 36.2 Å². The number of carbonyl (C=O) groups is 1. The van der Waals surface area contributed by atoms with Gasteiger partial charge < -0.3 is 0 Å². The highest BCUT2D eigenvalue weighted by Gasteiger charge is 2.18. The minimum atomic E-state index is -0.133. The summed E-state index contributed by atoms with van der Waals surface area (Å²) in [5, 5.41) is 0. The van der Waals surface area contributed by atoms with Gasteiger partial charge in [-0.05, 0) is 24.1 Å². The van der Waals surface area contributed by atoms with Gasteiger partial charge in [-0.1, -0.05) is 35.8 Å². The lowest BCUT2D eigenvalue weighted by Crippen LogP contribution is -2.21. The van der Waals surface area contributed by atoms with Gasteiger partial charge in [0.05, 0.1) is 15.9 Å². The Balaban J connectivity index is 2.19. The molecular formula is C14H15BrN2O. The molecule has 0 spiro atoms. The maximum absolute atomic E-state index is 11.8. The first-order valence-corrected chi connectivity index (χ1v) is 6.87. The summed E-state index contributed by atoms with van der Waals surface area (Å²) in [4.78, 5) is 20.2. The number of nitrogens with zero attached hydrogens (tertiary/aromatic N) is 2. The molecule has 0 amide bonds. The Morgan fingerprint density at radius 1 is 1.22 bits per heavy atom. The molecule has 0 bridgehead atoms. The second kappa shape index (κ2) is 5.57. The van der Waals surface area contributed by atoms with Gasteiger partial charge in [0.2, 0.25) is 0 Å². The Morgan fingerprint density at radius 2 is 1.89 bits per heavy atom. The van der Waals surface area contributed by atoms with Gasteiger partial charge in [-0.25, -0.2) is 0 Å². The topological polar surface area (TPSA) is 42.9 Å². The predicted molar refractivity (Wildman–Crippen MR) is 75.8 cm³/mol. The van der Waals surface area contributed by atoms with E-state index in [1.54, 1.807) is 12.4 Å². The van der Waals surface area contributed by atoms with E-state index in [0.29, 0.717) is 6.42 Å². The number of hydrogen-bond acceptors (Lipinski definition) is 3. The average Bonchev–Trinajstić information content (AvgIpc) is 2.37. The Bertz CT molecular complexity index is 568. The highest BCUT2D eigenvalue weighted by atomic mass is 79.9. The lowest BCUT2D eigenvalue weighted by atomic mass is 10.0. The van der Waals surface area contributed by atoms with Gasteiger partial charge in [0.15, 0.2) is 0 Å². The van der Waals surface area contributed by atoms with Gasteiger partial charge in [0.25, 0.3) is 0 Å². The Hall–Kier alpha value is -1.29. The van der Waals surface area contributed by atoms with Gasteiger partial charge in [0, 0.05) is 18.3 Å². The van der Waals surface area contributed by atoms with Crippen molar-refractivity contribution in [2.75, 3.05) is 0 Å². The fourth-order valence-electron chi connectivity index (χ4n) is 1.81. The average molecular weight is 307 g/mol. The van der Waals surface area contributed by atoms with Gasteiger partial charge >= 0.3 is 0 Å². The van der Waals surface area contributed by atoms with Crippen LogP contribution in [-0.2, 0) is 11.2 Å². The molecular weight excluding hydrogens is 292 g/mol. The normalized spacial score (nSPS) is 12.9. The van der Waals surface area contributed by atoms with Crippen molar-refractivity contribution < 1.29 is 4.79 Å². The van der Waals surface area contributed by atoms with E-state index in [0.717, 1.165) is 16.6 Å². The van der Waals surface area contributed by atoms with Crippen molar-refractivity contribution in [1.29, 1.82) is 0 Å². The molecule has 2 aromatic rings. The van der Waals surface area contributed by atoms with E-state index < -0.39 is 0 Å². The Kier molecular flexibility index (Phi) is 4.07. The maximum atomic E-state index is 11.8. The molecule has 4 heteroatoms. The highest BCUT2D eigenvalue weighted by Crippen LogP contribution is 2.17. The first-order valence-electron chi connectivity index (χ1n) is 5.95. The number of Topliss-reactive ketones (excluding diaryl/α,β-unsaturated/α-hetero) is 1. The third-order valence-corrected chi connectivity index (χ3v) is 3.60. The van der Waals surface area contributed by atoms with Crippen LogP contribution in [-0.4, -0.2) is 20.6 Å². The van der Waals surface area contributed by atoms with Crippen LogP contribution < -0.4 is 0 Å². The zero-order chi connectivity index (χ0) is 13.1. The number of rotatable bonds is 4.